The molecule has 2 aromatic rings. The molecule has 0 bridgehead atoms. The Hall–Kier alpha value is -1.72. The summed E-state index contributed by atoms with van der Waals surface area (Å²) in [6.07, 6.45) is 0.992. The fourth-order valence-electron chi connectivity index (χ4n) is 1.86. The van der Waals surface area contributed by atoms with Crippen LogP contribution in [-0.2, 0) is 13.0 Å². The molecule has 1 aromatic carbocycles. The quantitative estimate of drug-likeness (QED) is 0.500. The number of hydrogen-bond acceptors (Lipinski definition) is 4. The summed E-state index contributed by atoms with van der Waals surface area (Å²) in [7, 11) is 0. The molecule has 0 aliphatic heterocycles. The van der Waals surface area contributed by atoms with Gasteiger partial charge in [-0.25, -0.2) is 0 Å². The topological polar surface area (TPSA) is 55.2 Å². The van der Waals surface area contributed by atoms with Crippen LogP contribution in [0, 0.1) is 17.0 Å². The first-order chi connectivity index (χ1) is 9.16. The minimum atomic E-state index is -0.329. The fraction of sp³-hybridized carbons (Fsp3) is 0.286. The van der Waals surface area contributed by atoms with E-state index < -0.39 is 0 Å². The lowest BCUT2D eigenvalue weighted by Gasteiger charge is -2.05. The number of benzene rings is 1. The third kappa shape index (κ3) is 3.87. The molecule has 0 saturated carbocycles. The Morgan fingerprint density at radius 3 is 2.89 bits per heavy atom. The standard InChI is InChI=1S/C14H16N2O2S/c1-11-4-5-12(9-14(11)16(17)18)10-15-7-6-13-3-2-8-19-13/h2-5,8-9,15H,6-7,10H2,1H3. The van der Waals surface area contributed by atoms with E-state index in [-0.39, 0.29) is 10.6 Å². The Kier molecular flexibility index (Phi) is 4.65. The molecule has 0 aliphatic rings. The number of nitrogens with one attached hydrogen (secondary N) is 1. The van der Waals surface area contributed by atoms with Crippen molar-refractivity contribution in [3.63, 3.8) is 0 Å². The van der Waals surface area contributed by atoms with E-state index in [0.717, 1.165) is 18.5 Å². The highest BCUT2D eigenvalue weighted by atomic mass is 32.1. The van der Waals surface area contributed by atoms with Gasteiger partial charge in [0.15, 0.2) is 0 Å². The van der Waals surface area contributed by atoms with Crippen molar-refractivity contribution in [1.29, 1.82) is 0 Å². The average molecular weight is 276 g/mol. The molecule has 1 aromatic heterocycles. The van der Waals surface area contributed by atoms with Crippen molar-refractivity contribution >= 4 is 17.0 Å². The Morgan fingerprint density at radius 2 is 2.21 bits per heavy atom. The predicted octanol–water partition coefficient (Wildman–Crippen LogP) is 3.30. The molecule has 1 N–H and O–H groups in total. The molecule has 4 nitrogen and oxygen atoms in total. The van der Waals surface area contributed by atoms with Crippen molar-refractivity contribution in [2.24, 2.45) is 0 Å². The van der Waals surface area contributed by atoms with Gasteiger partial charge in [-0.1, -0.05) is 18.2 Å². The molecule has 2 rings (SSSR count). The summed E-state index contributed by atoms with van der Waals surface area (Å²) in [5.74, 6) is 0. The van der Waals surface area contributed by atoms with Crippen LogP contribution >= 0.6 is 11.3 Å². The molecule has 0 unspecified atom stereocenters. The van der Waals surface area contributed by atoms with Gasteiger partial charge >= 0.3 is 0 Å². The molecule has 0 aliphatic carbocycles. The number of hydrogen-bond donors (Lipinski definition) is 1. The fourth-order valence-corrected chi connectivity index (χ4v) is 2.57. The van der Waals surface area contributed by atoms with Crippen LogP contribution in [0.15, 0.2) is 35.7 Å². The molecule has 1 heterocycles. The van der Waals surface area contributed by atoms with Crippen molar-refractivity contribution in [3.8, 4) is 0 Å². The first-order valence-electron chi connectivity index (χ1n) is 6.14. The van der Waals surface area contributed by atoms with Crippen LogP contribution in [-0.4, -0.2) is 11.5 Å². The van der Waals surface area contributed by atoms with Crippen molar-refractivity contribution in [3.05, 3.63) is 61.8 Å². The van der Waals surface area contributed by atoms with Gasteiger partial charge in [-0.15, -0.1) is 11.3 Å². The van der Waals surface area contributed by atoms with E-state index in [1.165, 1.54) is 4.88 Å². The lowest BCUT2D eigenvalue weighted by Crippen LogP contribution is -2.16. The van der Waals surface area contributed by atoms with Gasteiger partial charge in [0.05, 0.1) is 4.92 Å². The van der Waals surface area contributed by atoms with Gasteiger partial charge in [0.1, 0.15) is 0 Å². The molecule has 0 radical (unpaired) electrons. The molecular weight excluding hydrogens is 260 g/mol. The maximum atomic E-state index is 10.8. The van der Waals surface area contributed by atoms with Crippen LogP contribution in [0.3, 0.4) is 0 Å². The smallest absolute Gasteiger partial charge is 0.272 e. The zero-order valence-corrected chi connectivity index (χ0v) is 11.6. The summed E-state index contributed by atoms with van der Waals surface area (Å²) in [6, 6.07) is 9.54. The second-order valence-corrected chi connectivity index (χ2v) is 5.42. The van der Waals surface area contributed by atoms with Crippen molar-refractivity contribution in [1.82, 2.24) is 5.32 Å². The average Bonchev–Trinajstić information content (AvgIpc) is 2.89. The number of aryl methyl sites for hydroxylation is 1. The molecule has 19 heavy (non-hydrogen) atoms. The highest BCUT2D eigenvalue weighted by Gasteiger charge is 2.10. The SMILES string of the molecule is Cc1ccc(CNCCc2cccs2)cc1[N+](=O)[O-]. The Morgan fingerprint density at radius 1 is 1.37 bits per heavy atom. The third-order valence-electron chi connectivity index (χ3n) is 2.93. The minimum Gasteiger partial charge on any atom is -0.312 e. The van der Waals surface area contributed by atoms with Crippen LogP contribution in [0.2, 0.25) is 0 Å². The first kappa shape index (κ1) is 13.7. The van der Waals surface area contributed by atoms with Gasteiger partial charge in [0.2, 0.25) is 0 Å². The van der Waals surface area contributed by atoms with E-state index in [1.807, 2.05) is 12.1 Å². The van der Waals surface area contributed by atoms with Crippen LogP contribution in [0.5, 0.6) is 0 Å². The monoisotopic (exact) mass is 276 g/mol. The maximum Gasteiger partial charge on any atom is 0.272 e. The summed E-state index contributed by atoms with van der Waals surface area (Å²) in [5, 5.41) is 16.2. The number of nitrogens with zero attached hydrogens (tertiary/aromatic N) is 1. The van der Waals surface area contributed by atoms with Crippen LogP contribution < -0.4 is 5.32 Å². The van der Waals surface area contributed by atoms with Gasteiger partial charge < -0.3 is 5.32 Å². The molecule has 5 heteroatoms. The molecule has 100 valence electrons. The van der Waals surface area contributed by atoms with Crippen LogP contribution in [0.25, 0.3) is 0 Å². The largest absolute Gasteiger partial charge is 0.312 e. The van der Waals surface area contributed by atoms with E-state index in [0.29, 0.717) is 12.1 Å². The number of thiophene rings is 1. The zero-order valence-electron chi connectivity index (χ0n) is 10.8. The zero-order chi connectivity index (χ0) is 13.7. The van der Waals surface area contributed by atoms with Gasteiger partial charge in [-0.05, 0) is 30.4 Å². The van der Waals surface area contributed by atoms with Gasteiger partial charge in [-0.2, -0.15) is 0 Å². The molecule has 0 fully saturated rings. The maximum absolute atomic E-state index is 10.8. The second kappa shape index (κ2) is 6.45. The van der Waals surface area contributed by atoms with E-state index in [9.17, 15) is 10.1 Å². The Bertz CT molecular complexity index is 553. The minimum absolute atomic E-state index is 0.192. The number of nitro benzene ring substituents is 1. The normalized spacial score (nSPS) is 10.6. The summed E-state index contributed by atoms with van der Waals surface area (Å²) in [6.45, 7) is 3.29. The van der Waals surface area contributed by atoms with E-state index in [1.54, 1.807) is 30.4 Å². The van der Waals surface area contributed by atoms with Crippen LogP contribution in [0.4, 0.5) is 5.69 Å². The van der Waals surface area contributed by atoms with E-state index in [4.69, 9.17) is 0 Å². The molecular formula is C14H16N2O2S. The van der Waals surface area contributed by atoms with E-state index >= 15 is 0 Å². The summed E-state index contributed by atoms with van der Waals surface area (Å²) in [4.78, 5) is 11.9. The highest BCUT2D eigenvalue weighted by Crippen LogP contribution is 2.19. The van der Waals surface area contributed by atoms with E-state index in [2.05, 4.69) is 16.8 Å². The van der Waals surface area contributed by atoms with Crippen molar-refractivity contribution in [2.45, 2.75) is 19.9 Å². The summed E-state index contributed by atoms with van der Waals surface area (Å²) >= 11 is 1.75. The Balaban J connectivity index is 1.86. The molecule has 0 atom stereocenters. The van der Waals surface area contributed by atoms with Gasteiger partial charge in [-0.3, -0.25) is 10.1 Å². The number of nitro groups is 1. The molecule has 0 spiro atoms. The first-order valence-corrected chi connectivity index (χ1v) is 7.02. The van der Waals surface area contributed by atoms with Gasteiger partial charge in [0.25, 0.3) is 5.69 Å². The van der Waals surface area contributed by atoms with Gasteiger partial charge in [0, 0.05) is 29.6 Å². The molecule has 0 amide bonds. The van der Waals surface area contributed by atoms with Crippen LogP contribution in [0.1, 0.15) is 16.0 Å². The predicted molar refractivity (Wildman–Crippen MR) is 77.6 cm³/mol. The summed E-state index contributed by atoms with van der Waals surface area (Å²) in [5.41, 5.74) is 1.84. The molecule has 0 saturated heterocycles. The highest BCUT2D eigenvalue weighted by molar-refractivity contribution is 7.09. The third-order valence-corrected chi connectivity index (χ3v) is 3.86. The lowest BCUT2D eigenvalue weighted by molar-refractivity contribution is -0.385. The summed E-state index contributed by atoms with van der Waals surface area (Å²) < 4.78 is 0. The van der Waals surface area contributed by atoms with Crippen molar-refractivity contribution < 1.29 is 4.92 Å². The number of rotatable bonds is 6. The second-order valence-electron chi connectivity index (χ2n) is 4.38. The Labute approximate surface area is 116 Å². The van der Waals surface area contributed by atoms with Crippen molar-refractivity contribution in [2.75, 3.05) is 6.54 Å². The lowest BCUT2D eigenvalue weighted by atomic mass is 10.1.